The predicted molar refractivity (Wildman–Crippen MR) is 82.3 cm³/mol. The van der Waals surface area contributed by atoms with Gasteiger partial charge in [-0.25, -0.2) is 0 Å². The lowest BCUT2D eigenvalue weighted by molar-refractivity contribution is 0.0813. The van der Waals surface area contributed by atoms with E-state index in [0.717, 1.165) is 0 Å². The summed E-state index contributed by atoms with van der Waals surface area (Å²) in [5.41, 5.74) is 0.0636. The molecule has 2 aromatic rings. The van der Waals surface area contributed by atoms with E-state index in [0.29, 0.717) is 28.3 Å². The van der Waals surface area contributed by atoms with Gasteiger partial charge >= 0.3 is 0 Å². The van der Waals surface area contributed by atoms with Gasteiger partial charge in [0, 0.05) is 22.6 Å². The average Bonchev–Trinajstić information content (AvgIpc) is 2.47. The molecule has 2 nitrogen and oxygen atoms in total. The van der Waals surface area contributed by atoms with Gasteiger partial charge in [-0.3, -0.25) is 0 Å². The zero-order chi connectivity index (χ0) is 14.6. The highest BCUT2D eigenvalue weighted by Gasteiger charge is 2.34. The molecular weight excluding hydrogens is 272 g/mol. The molecule has 0 heterocycles. The van der Waals surface area contributed by atoms with Crippen LogP contribution in [0.25, 0.3) is 0 Å². The molecule has 0 aliphatic carbocycles. The maximum atomic E-state index is 11.2. The molecule has 2 aromatic carbocycles. The van der Waals surface area contributed by atoms with Crippen molar-refractivity contribution in [1.29, 1.82) is 0 Å². The Kier molecular flexibility index (Phi) is 4.48. The van der Waals surface area contributed by atoms with Crippen LogP contribution >= 0.6 is 11.6 Å². The summed E-state index contributed by atoms with van der Waals surface area (Å²) in [6.07, 6.45) is 2.02. The van der Waals surface area contributed by atoms with E-state index in [-0.39, 0.29) is 0 Å². The van der Waals surface area contributed by atoms with Gasteiger partial charge in [-0.2, -0.15) is 0 Å². The van der Waals surface area contributed by atoms with Crippen molar-refractivity contribution in [2.75, 3.05) is 7.11 Å². The first-order valence-electron chi connectivity index (χ1n) is 6.35. The largest absolute Gasteiger partial charge is 0.496 e. The maximum Gasteiger partial charge on any atom is 0.125 e. The fourth-order valence-corrected chi connectivity index (χ4v) is 2.65. The zero-order valence-corrected chi connectivity index (χ0v) is 12.1. The lowest BCUT2D eigenvalue weighted by Crippen LogP contribution is -2.27. The minimum absolute atomic E-state index is 0.344. The third-order valence-electron chi connectivity index (χ3n) is 3.31. The number of hydrogen-bond donors (Lipinski definition) is 1. The Bertz CT molecular complexity index is 609. The molecule has 0 spiro atoms. The highest BCUT2D eigenvalue weighted by Crippen LogP contribution is 2.41. The Labute approximate surface area is 124 Å². The van der Waals surface area contributed by atoms with Crippen LogP contribution in [0.5, 0.6) is 5.75 Å². The van der Waals surface area contributed by atoms with Gasteiger partial charge in [0.05, 0.1) is 7.11 Å². The summed E-state index contributed by atoms with van der Waals surface area (Å²) >= 11 is 6.25. The van der Waals surface area contributed by atoms with Crippen molar-refractivity contribution in [1.82, 2.24) is 0 Å². The minimum Gasteiger partial charge on any atom is -0.496 e. The lowest BCUT2D eigenvalue weighted by Gasteiger charge is -2.30. The van der Waals surface area contributed by atoms with Gasteiger partial charge in [0.2, 0.25) is 0 Å². The van der Waals surface area contributed by atoms with Crippen LogP contribution in [0, 0.1) is 0 Å². The van der Waals surface area contributed by atoms with Crippen LogP contribution in [0.2, 0.25) is 5.02 Å². The van der Waals surface area contributed by atoms with Crippen LogP contribution in [0.3, 0.4) is 0 Å². The van der Waals surface area contributed by atoms with Crippen LogP contribution in [0.1, 0.15) is 17.5 Å². The van der Waals surface area contributed by atoms with E-state index in [1.807, 2.05) is 42.5 Å². The van der Waals surface area contributed by atoms with E-state index in [4.69, 9.17) is 16.3 Å². The van der Waals surface area contributed by atoms with Crippen molar-refractivity contribution in [3.05, 3.63) is 77.3 Å². The molecule has 1 atom stereocenters. The number of methoxy groups -OCH3 is 1. The SMILES string of the molecule is C=CCC(O)(c1ccccc1Cl)c1ccccc1OC. The van der Waals surface area contributed by atoms with Crippen molar-refractivity contribution in [2.45, 2.75) is 12.0 Å². The highest BCUT2D eigenvalue weighted by molar-refractivity contribution is 6.31. The third kappa shape index (κ3) is 2.58. The maximum absolute atomic E-state index is 11.2. The van der Waals surface area contributed by atoms with Crippen molar-refractivity contribution >= 4 is 11.6 Å². The Balaban J connectivity index is 2.66. The molecule has 0 aliphatic rings. The molecule has 0 bridgehead atoms. The standard InChI is InChI=1S/C17H17ClO2/c1-3-12-17(19,13-8-4-6-10-15(13)18)14-9-5-7-11-16(14)20-2/h3-11,19H,1,12H2,2H3. The minimum atomic E-state index is -1.26. The predicted octanol–water partition coefficient (Wildman–Crippen LogP) is 4.16. The number of rotatable bonds is 5. The fraction of sp³-hybridized carbons (Fsp3) is 0.176. The van der Waals surface area contributed by atoms with E-state index in [2.05, 4.69) is 6.58 Å². The van der Waals surface area contributed by atoms with Crippen LogP contribution in [-0.4, -0.2) is 12.2 Å². The van der Waals surface area contributed by atoms with Crippen molar-refractivity contribution in [2.24, 2.45) is 0 Å². The van der Waals surface area contributed by atoms with E-state index in [9.17, 15) is 5.11 Å². The van der Waals surface area contributed by atoms with Crippen molar-refractivity contribution < 1.29 is 9.84 Å². The molecule has 1 N–H and O–H groups in total. The van der Waals surface area contributed by atoms with Gasteiger partial charge in [0.15, 0.2) is 0 Å². The van der Waals surface area contributed by atoms with Crippen LogP contribution in [0.4, 0.5) is 0 Å². The molecule has 0 fully saturated rings. The van der Waals surface area contributed by atoms with E-state index in [1.165, 1.54) is 0 Å². The molecule has 0 saturated carbocycles. The molecule has 0 radical (unpaired) electrons. The second-order valence-corrected chi connectivity index (χ2v) is 4.94. The molecule has 3 heteroatoms. The fourth-order valence-electron chi connectivity index (χ4n) is 2.36. The number of halogens is 1. The highest BCUT2D eigenvalue weighted by atomic mass is 35.5. The molecule has 0 saturated heterocycles. The van der Waals surface area contributed by atoms with Crippen molar-refractivity contribution in [3.63, 3.8) is 0 Å². The first kappa shape index (κ1) is 14.6. The molecule has 0 aromatic heterocycles. The number of aliphatic hydroxyl groups is 1. The van der Waals surface area contributed by atoms with E-state index in [1.54, 1.807) is 19.3 Å². The van der Waals surface area contributed by atoms with Gasteiger partial charge in [-0.05, 0) is 12.1 Å². The topological polar surface area (TPSA) is 29.5 Å². The van der Waals surface area contributed by atoms with E-state index >= 15 is 0 Å². The summed E-state index contributed by atoms with van der Waals surface area (Å²) in [6.45, 7) is 3.74. The number of ether oxygens (including phenoxy) is 1. The number of para-hydroxylation sites is 1. The van der Waals surface area contributed by atoms with Crippen molar-refractivity contribution in [3.8, 4) is 5.75 Å². The zero-order valence-electron chi connectivity index (χ0n) is 11.3. The first-order valence-corrected chi connectivity index (χ1v) is 6.73. The smallest absolute Gasteiger partial charge is 0.125 e. The Morgan fingerprint density at radius 3 is 2.35 bits per heavy atom. The molecule has 104 valence electrons. The lowest BCUT2D eigenvalue weighted by atomic mass is 9.83. The second-order valence-electron chi connectivity index (χ2n) is 4.53. The van der Waals surface area contributed by atoms with E-state index < -0.39 is 5.60 Å². The molecule has 0 aliphatic heterocycles. The van der Waals surface area contributed by atoms with Crippen LogP contribution in [-0.2, 0) is 5.60 Å². The number of benzene rings is 2. The average molecular weight is 289 g/mol. The molecule has 2 rings (SSSR count). The van der Waals surface area contributed by atoms with Crippen LogP contribution < -0.4 is 4.74 Å². The molecular formula is C17H17ClO2. The Morgan fingerprint density at radius 1 is 1.15 bits per heavy atom. The van der Waals surface area contributed by atoms with Gasteiger partial charge < -0.3 is 9.84 Å². The summed E-state index contributed by atoms with van der Waals surface area (Å²) in [5, 5.41) is 11.7. The van der Waals surface area contributed by atoms with Gasteiger partial charge in [-0.15, -0.1) is 6.58 Å². The summed E-state index contributed by atoms with van der Waals surface area (Å²) in [5.74, 6) is 0.622. The first-order chi connectivity index (χ1) is 9.63. The summed E-state index contributed by atoms with van der Waals surface area (Å²) < 4.78 is 5.36. The second kappa shape index (κ2) is 6.12. The quantitative estimate of drug-likeness (QED) is 0.837. The molecule has 1 unspecified atom stereocenters. The summed E-state index contributed by atoms with van der Waals surface area (Å²) in [4.78, 5) is 0. The van der Waals surface area contributed by atoms with Gasteiger partial charge in [0.25, 0.3) is 0 Å². The van der Waals surface area contributed by atoms with Crippen LogP contribution in [0.15, 0.2) is 61.2 Å². The normalized spacial score (nSPS) is 13.6. The summed E-state index contributed by atoms with van der Waals surface area (Å²) in [6, 6.07) is 14.7. The Hall–Kier alpha value is -1.77. The summed E-state index contributed by atoms with van der Waals surface area (Å²) in [7, 11) is 1.58. The van der Waals surface area contributed by atoms with Gasteiger partial charge in [0.1, 0.15) is 11.4 Å². The monoisotopic (exact) mass is 288 g/mol. The number of hydrogen-bond acceptors (Lipinski definition) is 2. The Morgan fingerprint density at radius 2 is 1.75 bits per heavy atom. The van der Waals surface area contributed by atoms with Gasteiger partial charge in [-0.1, -0.05) is 54.1 Å². The third-order valence-corrected chi connectivity index (χ3v) is 3.64. The molecule has 20 heavy (non-hydrogen) atoms. The molecule has 0 amide bonds.